The van der Waals surface area contributed by atoms with Crippen molar-refractivity contribution < 1.29 is 4.74 Å². The van der Waals surface area contributed by atoms with Crippen LogP contribution in [0.1, 0.15) is 32.0 Å². The van der Waals surface area contributed by atoms with Crippen LogP contribution in [0.5, 0.6) is 0 Å². The van der Waals surface area contributed by atoms with Crippen molar-refractivity contribution in [1.29, 1.82) is 0 Å². The molecule has 1 aliphatic rings. The van der Waals surface area contributed by atoms with E-state index in [9.17, 15) is 0 Å². The molecule has 1 saturated carbocycles. The van der Waals surface area contributed by atoms with E-state index in [4.69, 9.17) is 4.74 Å². The van der Waals surface area contributed by atoms with Gasteiger partial charge in [0.15, 0.2) is 0 Å². The summed E-state index contributed by atoms with van der Waals surface area (Å²) in [4.78, 5) is 8.85. The summed E-state index contributed by atoms with van der Waals surface area (Å²) in [5.41, 5.74) is 0.0110. The Kier molecular flexibility index (Phi) is 4.01. The molecular weight excluding hydrogens is 228 g/mol. The molecular formula is C13H22N4O. The smallest absolute Gasteiger partial charge is 0.132 e. The minimum absolute atomic E-state index is 0.0110. The normalized spacial score (nSPS) is 17.1. The van der Waals surface area contributed by atoms with Crippen molar-refractivity contribution in [3.05, 3.63) is 11.9 Å². The lowest BCUT2D eigenvalue weighted by Gasteiger charge is -2.40. The van der Waals surface area contributed by atoms with Crippen molar-refractivity contribution in [2.45, 2.75) is 38.2 Å². The Bertz CT molecular complexity index is 376. The first-order chi connectivity index (χ1) is 8.71. The third-order valence-corrected chi connectivity index (χ3v) is 3.63. The number of aryl methyl sites for hydroxylation is 1. The molecule has 0 amide bonds. The molecule has 5 nitrogen and oxygen atoms in total. The Labute approximate surface area is 108 Å². The molecule has 1 heterocycles. The predicted molar refractivity (Wildman–Crippen MR) is 73.0 cm³/mol. The number of ether oxygens (including phenoxy) is 1. The molecule has 0 atom stereocenters. The van der Waals surface area contributed by atoms with E-state index in [1.165, 1.54) is 6.42 Å². The van der Waals surface area contributed by atoms with Crippen molar-refractivity contribution in [1.82, 2.24) is 9.97 Å². The van der Waals surface area contributed by atoms with Crippen LogP contribution in [0.4, 0.5) is 11.6 Å². The first-order valence-corrected chi connectivity index (χ1v) is 6.56. The summed E-state index contributed by atoms with van der Waals surface area (Å²) >= 11 is 0. The van der Waals surface area contributed by atoms with E-state index in [0.717, 1.165) is 43.3 Å². The molecule has 1 aromatic rings. The van der Waals surface area contributed by atoms with E-state index in [1.54, 1.807) is 7.11 Å². The van der Waals surface area contributed by atoms with Gasteiger partial charge in [0.1, 0.15) is 17.5 Å². The highest BCUT2D eigenvalue weighted by atomic mass is 16.5. The third kappa shape index (κ3) is 2.72. The fraction of sp³-hybridized carbons (Fsp3) is 0.692. The number of aromatic nitrogens is 2. The summed E-state index contributed by atoms with van der Waals surface area (Å²) in [6.07, 6.45) is 4.34. The quantitative estimate of drug-likeness (QED) is 0.809. The molecule has 0 aliphatic heterocycles. The van der Waals surface area contributed by atoms with Crippen LogP contribution in [0.15, 0.2) is 6.07 Å². The van der Waals surface area contributed by atoms with Gasteiger partial charge in [-0.05, 0) is 19.3 Å². The number of nitrogens with zero attached hydrogens (tertiary/aromatic N) is 2. The number of nitrogens with one attached hydrogen (secondary N) is 2. The molecule has 0 bridgehead atoms. The Morgan fingerprint density at radius 1 is 1.33 bits per heavy atom. The van der Waals surface area contributed by atoms with E-state index >= 15 is 0 Å². The lowest BCUT2D eigenvalue weighted by molar-refractivity contribution is -0.0601. The van der Waals surface area contributed by atoms with Gasteiger partial charge in [-0.25, -0.2) is 9.97 Å². The van der Waals surface area contributed by atoms with Crippen LogP contribution in [0.3, 0.4) is 0 Å². The highest BCUT2D eigenvalue weighted by Gasteiger charge is 2.36. The third-order valence-electron chi connectivity index (χ3n) is 3.63. The van der Waals surface area contributed by atoms with Crippen molar-refractivity contribution in [3.63, 3.8) is 0 Å². The van der Waals surface area contributed by atoms with E-state index in [2.05, 4.69) is 27.5 Å². The fourth-order valence-electron chi connectivity index (χ4n) is 2.15. The molecule has 1 aromatic heterocycles. The maximum atomic E-state index is 5.59. The second-order valence-corrected chi connectivity index (χ2v) is 4.75. The fourth-order valence-corrected chi connectivity index (χ4v) is 2.15. The Morgan fingerprint density at radius 3 is 2.56 bits per heavy atom. The molecule has 1 fully saturated rings. The van der Waals surface area contributed by atoms with Gasteiger partial charge in [0.25, 0.3) is 0 Å². The molecule has 2 rings (SSSR count). The predicted octanol–water partition coefficient (Wildman–Crippen LogP) is 2.06. The first kappa shape index (κ1) is 13.1. The summed E-state index contributed by atoms with van der Waals surface area (Å²) in [6, 6.07) is 1.93. The average Bonchev–Trinajstić information content (AvgIpc) is 2.37. The molecule has 0 saturated heterocycles. The minimum Gasteiger partial charge on any atom is -0.376 e. The topological polar surface area (TPSA) is 59.1 Å². The van der Waals surface area contributed by atoms with Gasteiger partial charge in [0.05, 0.1) is 5.60 Å². The Balaban J connectivity index is 2.04. The second-order valence-electron chi connectivity index (χ2n) is 4.75. The minimum atomic E-state index is 0.0110. The van der Waals surface area contributed by atoms with Crippen LogP contribution in [0, 0.1) is 0 Å². The molecule has 5 heteroatoms. The first-order valence-electron chi connectivity index (χ1n) is 6.56. The van der Waals surface area contributed by atoms with E-state index in [1.807, 2.05) is 13.1 Å². The number of rotatable bonds is 6. The summed E-state index contributed by atoms with van der Waals surface area (Å²) < 4.78 is 5.59. The molecule has 1 aliphatic carbocycles. The van der Waals surface area contributed by atoms with Gasteiger partial charge in [-0.2, -0.15) is 0 Å². The van der Waals surface area contributed by atoms with E-state index < -0.39 is 0 Å². The van der Waals surface area contributed by atoms with Crippen molar-refractivity contribution in [2.24, 2.45) is 0 Å². The summed E-state index contributed by atoms with van der Waals surface area (Å²) in [7, 11) is 3.66. The van der Waals surface area contributed by atoms with Gasteiger partial charge < -0.3 is 15.4 Å². The number of anilines is 2. The van der Waals surface area contributed by atoms with Crippen LogP contribution in [-0.4, -0.2) is 36.3 Å². The second kappa shape index (κ2) is 5.52. The average molecular weight is 250 g/mol. The highest BCUT2D eigenvalue weighted by molar-refractivity contribution is 5.47. The van der Waals surface area contributed by atoms with Crippen molar-refractivity contribution in [3.8, 4) is 0 Å². The van der Waals surface area contributed by atoms with Crippen LogP contribution < -0.4 is 10.6 Å². The van der Waals surface area contributed by atoms with Crippen LogP contribution in [0.2, 0.25) is 0 Å². The van der Waals surface area contributed by atoms with Gasteiger partial charge in [-0.1, -0.05) is 6.92 Å². The standard InChI is InChI=1S/C13H22N4O/c1-4-10-16-11(14-2)8-12(17-10)15-9-13(18-3)6-5-7-13/h8H,4-7,9H2,1-3H3,(H2,14,15,16,17). The number of methoxy groups -OCH3 is 1. The Hall–Kier alpha value is -1.36. The van der Waals surface area contributed by atoms with E-state index in [-0.39, 0.29) is 5.60 Å². The molecule has 18 heavy (non-hydrogen) atoms. The molecule has 0 radical (unpaired) electrons. The molecule has 0 aromatic carbocycles. The van der Waals surface area contributed by atoms with E-state index in [0.29, 0.717) is 0 Å². The van der Waals surface area contributed by atoms with Crippen LogP contribution >= 0.6 is 0 Å². The van der Waals surface area contributed by atoms with Crippen LogP contribution in [-0.2, 0) is 11.2 Å². The Morgan fingerprint density at radius 2 is 2.06 bits per heavy atom. The molecule has 0 spiro atoms. The maximum absolute atomic E-state index is 5.59. The monoisotopic (exact) mass is 250 g/mol. The zero-order valence-corrected chi connectivity index (χ0v) is 11.4. The molecule has 2 N–H and O–H groups in total. The zero-order chi connectivity index (χ0) is 13.0. The number of hydrogen-bond donors (Lipinski definition) is 2. The van der Waals surface area contributed by atoms with Crippen molar-refractivity contribution >= 4 is 11.6 Å². The summed E-state index contributed by atoms with van der Waals surface area (Å²) in [5.74, 6) is 2.57. The van der Waals surface area contributed by atoms with Gasteiger partial charge in [-0.15, -0.1) is 0 Å². The highest BCUT2D eigenvalue weighted by Crippen LogP contribution is 2.35. The van der Waals surface area contributed by atoms with Crippen molar-refractivity contribution in [2.75, 3.05) is 31.3 Å². The number of hydrogen-bond acceptors (Lipinski definition) is 5. The van der Waals surface area contributed by atoms with Crippen LogP contribution in [0.25, 0.3) is 0 Å². The zero-order valence-electron chi connectivity index (χ0n) is 11.4. The summed E-state index contributed by atoms with van der Waals surface area (Å²) in [6.45, 7) is 2.87. The van der Waals surface area contributed by atoms with Gasteiger partial charge in [0.2, 0.25) is 0 Å². The van der Waals surface area contributed by atoms with Gasteiger partial charge in [-0.3, -0.25) is 0 Å². The lowest BCUT2D eigenvalue weighted by atomic mass is 9.80. The lowest BCUT2D eigenvalue weighted by Crippen LogP contribution is -2.45. The molecule has 0 unspecified atom stereocenters. The maximum Gasteiger partial charge on any atom is 0.132 e. The van der Waals surface area contributed by atoms with Gasteiger partial charge in [0, 0.05) is 33.2 Å². The SMILES string of the molecule is CCc1nc(NC)cc(NCC2(OC)CCC2)n1. The van der Waals surface area contributed by atoms with Gasteiger partial charge >= 0.3 is 0 Å². The summed E-state index contributed by atoms with van der Waals surface area (Å²) in [5, 5.41) is 6.43. The largest absolute Gasteiger partial charge is 0.376 e. The molecule has 100 valence electrons.